The molecule has 28 heavy (non-hydrogen) atoms. The van der Waals surface area contributed by atoms with Crippen LogP contribution in [-0.4, -0.2) is 42.6 Å². The van der Waals surface area contributed by atoms with Crippen molar-refractivity contribution in [2.75, 3.05) is 26.8 Å². The van der Waals surface area contributed by atoms with Gasteiger partial charge in [-0.05, 0) is 43.2 Å². The molecule has 0 radical (unpaired) electrons. The number of ether oxygens (including phenoxy) is 2. The molecule has 3 aromatic rings. The van der Waals surface area contributed by atoms with Crippen molar-refractivity contribution in [3.8, 4) is 11.5 Å². The zero-order valence-electron chi connectivity index (χ0n) is 15.6. The van der Waals surface area contributed by atoms with E-state index in [0.29, 0.717) is 22.4 Å². The molecule has 1 aliphatic rings. The zero-order valence-corrected chi connectivity index (χ0v) is 17.1. The number of carbonyl (C=O) groups excluding carboxylic acids is 1. The van der Waals surface area contributed by atoms with E-state index < -0.39 is 0 Å². The number of carbonyl (C=O) groups is 1. The molecular formula is C21H21ClN2O3S. The molecule has 7 heteroatoms. The van der Waals surface area contributed by atoms with Crippen LogP contribution in [0.5, 0.6) is 11.5 Å². The lowest BCUT2D eigenvalue weighted by atomic mass is 9.97. The minimum atomic E-state index is 0.000405. The highest BCUT2D eigenvalue weighted by atomic mass is 35.5. The van der Waals surface area contributed by atoms with Crippen molar-refractivity contribution in [3.63, 3.8) is 0 Å². The van der Waals surface area contributed by atoms with Crippen LogP contribution in [0.3, 0.4) is 0 Å². The van der Waals surface area contributed by atoms with Gasteiger partial charge in [0.2, 0.25) is 0 Å². The number of para-hydroxylation sites is 2. The van der Waals surface area contributed by atoms with Gasteiger partial charge < -0.3 is 14.4 Å². The van der Waals surface area contributed by atoms with Crippen LogP contribution in [0, 0.1) is 0 Å². The van der Waals surface area contributed by atoms with Gasteiger partial charge in [-0.1, -0.05) is 23.7 Å². The predicted molar refractivity (Wildman–Crippen MR) is 112 cm³/mol. The first-order valence-corrected chi connectivity index (χ1v) is 10.4. The van der Waals surface area contributed by atoms with Crippen molar-refractivity contribution in [1.29, 1.82) is 0 Å². The third-order valence-electron chi connectivity index (χ3n) is 4.98. The molecule has 2 heterocycles. The number of amides is 1. The molecule has 0 aliphatic carbocycles. The number of thiazole rings is 1. The second-order valence-electron chi connectivity index (χ2n) is 6.76. The molecular weight excluding hydrogens is 396 g/mol. The Morgan fingerprint density at radius 1 is 1.21 bits per heavy atom. The van der Waals surface area contributed by atoms with Crippen LogP contribution in [0.25, 0.3) is 10.2 Å². The van der Waals surface area contributed by atoms with Crippen LogP contribution in [-0.2, 0) is 4.79 Å². The quantitative estimate of drug-likeness (QED) is 0.602. The Bertz CT molecular complexity index is 983. The van der Waals surface area contributed by atoms with Gasteiger partial charge in [0.1, 0.15) is 0 Å². The summed E-state index contributed by atoms with van der Waals surface area (Å²) in [5.41, 5.74) is 0.955. The molecule has 5 nitrogen and oxygen atoms in total. The lowest BCUT2D eigenvalue weighted by Crippen LogP contribution is -2.40. The largest absolute Gasteiger partial charge is 0.493 e. The molecule has 2 aromatic carbocycles. The lowest BCUT2D eigenvalue weighted by molar-refractivity contribution is -0.134. The maximum absolute atomic E-state index is 12.5. The second kappa shape index (κ2) is 8.37. The van der Waals surface area contributed by atoms with Gasteiger partial charge in [0.25, 0.3) is 5.91 Å². The fourth-order valence-corrected chi connectivity index (χ4v) is 4.72. The number of nitrogens with zero attached hydrogens (tertiary/aromatic N) is 2. The molecule has 4 rings (SSSR count). The minimum absolute atomic E-state index is 0.000405. The van der Waals surface area contributed by atoms with E-state index in [1.807, 2.05) is 41.3 Å². The van der Waals surface area contributed by atoms with E-state index >= 15 is 0 Å². The van der Waals surface area contributed by atoms with E-state index in [-0.39, 0.29) is 12.5 Å². The average Bonchev–Trinajstić information content (AvgIpc) is 3.15. The topological polar surface area (TPSA) is 51.7 Å². The normalized spacial score (nSPS) is 15.0. The van der Waals surface area contributed by atoms with E-state index in [1.165, 1.54) is 0 Å². The molecule has 0 bridgehead atoms. The summed E-state index contributed by atoms with van der Waals surface area (Å²) in [5, 5.41) is 1.84. The van der Waals surface area contributed by atoms with E-state index in [1.54, 1.807) is 24.5 Å². The van der Waals surface area contributed by atoms with Crippen molar-refractivity contribution < 1.29 is 14.3 Å². The van der Waals surface area contributed by atoms with Gasteiger partial charge in [0.15, 0.2) is 18.1 Å². The third kappa shape index (κ3) is 4.08. The summed E-state index contributed by atoms with van der Waals surface area (Å²) in [7, 11) is 1.59. The Hall–Kier alpha value is -2.31. The molecule has 0 N–H and O–H groups in total. The van der Waals surface area contributed by atoms with Crippen molar-refractivity contribution in [3.05, 3.63) is 52.5 Å². The molecule has 0 atom stereocenters. The fraction of sp³-hybridized carbons (Fsp3) is 0.333. The smallest absolute Gasteiger partial charge is 0.260 e. The Morgan fingerprint density at radius 3 is 2.71 bits per heavy atom. The number of likely N-dealkylation sites (tertiary alicyclic amines) is 1. The number of fused-ring (bicyclic) bond motifs is 1. The Morgan fingerprint density at radius 2 is 1.96 bits per heavy atom. The lowest BCUT2D eigenvalue weighted by Gasteiger charge is -2.31. The van der Waals surface area contributed by atoms with Crippen molar-refractivity contribution >= 4 is 39.1 Å². The highest BCUT2D eigenvalue weighted by molar-refractivity contribution is 7.18. The van der Waals surface area contributed by atoms with Crippen LogP contribution >= 0.6 is 22.9 Å². The molecule has 1 amide bonds. The van der Waals surface area contributed by atoms with Crippen LogP contribution in [0.2, 0.25) is 5.02 Å². The molecule has 146 valence electrons. The standard InChI is InChI=1S/C21H21ClN2O3S/c1-26-17-4-2-3-5-18(17)27-13-20(25)24-10-8-14(9-11-24)21-23-16-12-15(22)6-7-19(16)28-21/h2-7,12,14H,8-11,13H2,1H3. The second-order valence-corrected chi connectivity index (χ2v) is 8.26. The van der Waals surface area contributed by atoms with Gasteiger partial charge in [-0.3, -0.25) is 4.79 Å². The van der Waals surface area contributed by atoms with Crippen LogP contribution in [0.1, 0.15) is 23.8 Å². The highest BCUT2D eigenvalue weighted by Gasteiger charge is 2.26. The number of halogens is 1. The van der Waals surface area contributed by atoms with Gasteiger partial charge in [-0.25, -0.2) is 4.98 Å². The summed E-state index contributed by atoms with van der Waals surface area (Å²) in [6.45, 7) is 1.45. The minimum Gasteiger partial charge on any atom is -0.493 e. The maximum atomic E-state index is 12.5. The Balaban J connectivity index is 1.33. The van der Waals surface area contributed by atoms with E-state index in [4.69, 9.17) is 26.1 Å². The SMILES string of the molecule is COc1ccccc1OCC(=O)N1CCC(c2nc3cc(Cl)ccc3s2)CC1. The third-order valence-corrected chi connectivity index (χ3v) is 6.42. The first kappa shape index (κ1) is 19.0. The van der Waals surface area contributed by atoms with Crippen LogP contribution in [0.15, 0.2) is 42.5 Å². The molecule has 1 saturated heterocycles. The predicted octanol–water partition coefficient (Wildman–Crippen LogP) is 4.74. The molecule has 1 aromatic heterocycles. The zero-order chi connectivity index (χ0) is 19.5. The number of aromatic nitrogens is 1. The highest BCUT2D eigenvalue weighted by Crippen LogP contribution is 2.34. The Labute approximate surface area is 172 Å². The fourth-order valence-electron chi connectivity index (χ4n) is 3.44. The number of rotatable bonds is 5. The molecule has 0 unspecified atom stereocenters. The first-order valence-electron chi connectivity index (χ1n) is 9.23. The van der Waals surface area contributed by atoms with Gasteiger partial charge in [-0.2, -0.15) is 0 Å². The van der Waals surface area contributed by atoms with Gasteiger partial charge >= 0.3 is 0 Å². The van der Waals surface area contributed by atoms with Crippen LogP contribution in [0.4, 0.5) is 0 Å². The molecule has 0 spiro atoms. The number of hydrogen-bond donors (Lipinski definition) is 0. The first-order chi connectivity index (χ1) is 13.6. The summed E-state index contributed by atoms with van der Waals surface area (Å²) < 4.78 is 12.1. The van der Waals surface area contributed by atoms with E-state index in [2.05, 4.69) is 0 Å². The summed E-state index contributed by atoms with van der Waals surface area (Å²) in [6.07, 6.45) is 1.82. The molecule has 0 saturated carbocycles. The van der Waals surface area contributed by atoms with E-state index in [0.717, 1.165) is 41.2 Å². The maximum Gasteiger partial charge on any atom is 0.260 e. The number of methoxy groups -OCH3 is 1. The van der Waals surface area contributed by atoms with Gasteiger partial charge in [0, 0.05) is 24.0 Å². The summed E-state index contributed by atoms with van der Waals surface area (Å²) in [6, 6.07) is 13.2. The van der Waals surface area contributed by atoms with Gasteiger partial charge in [-0.15, -0.1) is 11.3 Å². The van der Waals surface area contributed by atoms with E-state index in [9.17, 15) is 4.79 Å². The molecule has 1 fully saturated rings. The summed E-state index contributed by atoms with van der Waals surface area (Å²) in [5.74, 6) is 1.60. The number of hydrogen-bond acceptors (Lipinski definition) is 5. The molecule has 1 aliphatic heterocycles. The van der Waals surface area contributed by atoms with Crippen molar-refractivity contribution in [2.45, 2.75) is 18.8 Å². The monoisotopic (exact) mass is 416 g/mol. The van der Waals surface area contributed by atoms with Crippen LogP contribution < -0.4 is 9.47 Å². The van der Waals surface area contributed by atoms with Gasteiger partial charge in [0.05, 0.1) is 22.3 Å². The number of benzene rings is 2. The average molecular weight is 417 g/mol. The summed E-state index contributed by atoms with van der Waals surface area (Å²) >= 11 is 7.78. The Kier molecular flexibility index (Phi) is 5.69. The van der Waals surface area contributed by atoms with Crippen molar-refractivity contribution in [1.82, 2.24) is 9.88 Å². The summed E-state index contributed by atoms with van der Waals surface area (Å²) in [4.78, 5) is 19.2. The number of piperidine rings is 1. The van der Waals surface area contributed by atoms with Crippen molar-refractivity contribution in [2.24, 2.45) is 0 Å².